The van der Waals surface area contributed by atoms with Gasteiger partial charge in [0.25, 0.3) is 0 Å². The van der Waals surface area contributed by atoms with E-state index in [0.29, 0.717) is 7.13 Å². The van der Waals surface area contributed by atoms with Gasteiger partial charge in [-0.3, -0.25) is 0 Å². The monoisotopic (exact) mass is 103 g/mol. The van der Waals surface area contributed by atoms with Crippen molar-refractivity contribution in [1.82, 2.24) is 5.16 Å². The zero-order valence-electron chi connectivity index (χ0n) is 3.19. The zero-order valence-corrected chi connectivity index (χ0v) is 3.19. The Morgan fingerprint density at radius 2 is 2.29 bits per heavy atom. The predicted octanol–water partition coefficient (Wildman–Crippen LogP) is 0.291. The summed E-state index contributed by atoms with van der Waals surface area (Å²) in [7, 11) is 0.593. The summed E-state index contributed by atoms with van der Waals surface area (Å²) in [6.07, 6.45) is 0. The van der Waals surface area contributed by atoms with E-state index >= 15 is 0 Å². The standard InChI is InChI=1S/C2BF2NO/c4-1-2(5)6-7-3-1. The predicted molar refractivity (Wildman–Crippen MR) is 17.8 cm³/mol. The molecular weight excluding hydrogens is 103 g/mol. The van der Waals surface area contributed by atoms with Crippen LogP contribution in [0.2, 0.25) is 0 Å². The molecule has 0 fully saturated rings. The molecule has 2 nitrogen and oxygen atoms in total. The average molecular weight is 103 g/mol. The van der Waals surface area contributed by atoms with Crippen LogP contribution in [0.1, 0.15) is 0 Å². The van der Waals surface area contributed by atoms with Crippen LogP contribution in [0.5, 0.6) is 0 Å². The van der Waals surface area contributed by atoms with Crippen LogP contribution in [-0.4, -0.2) is 12.3 Å². The molecule has 0 atom stereocenters. The summed E-state index contributed by atoms with van der Waals surface area (Å²) in [5, 5.41) is 2.60. The van der Waals surface area contributed by atoms with Crippen molar-refractivity contribution in [2.45, 2.75) is 0 Å². The van der Waals surface area contributed by atoms with Crippen molar-refractivity contribution < 1.29 is 13.2 Å². The third kappa shape index (κ3) is 0.654. The molecule has 5 heteroatoms. The minimum absolute atomic E-state index is 0.593. The van der Waals surface area contributed by atoms with Crippen LogP contribution in [0.4, 0.5) is 8.78 Å². The number of aromatic nitrogens is 1. The van der Waals surface area contributed by atoms with Gasteiger partial charge in [0.2, 0.25) is 0 Å². The van der Waals surface area contributed by atoms with E-state index in [4.69, 9.17) is 0 Å². The first-order chi connectivity index (χ1) is 3.30. The van der Waals surface area contributed by atoms with E-state index in [2.05, 4.69) is 9.59 Å². The van der Waals surface area contributed by atoms with Gasteiger partial charge in [-0.1, -0.05) is 0 Å². The molecule has 1 aromatic heterocycles. The molecule has 0 aromatic carbocycles. The van der Waals surface area contributed by atoms with Gasteiger partial charge in [-0.15, -0.1) is 0 Å². The zero-order chi connectivity index (χ0) is 5.28. The molecule has 1 aromatic rings. The molecular formula is C2BF2NO. The molecule has 0 unspecified atom stereocenters. The van der Waals surface area contributed by atoms with Crippen LogP contribution in [0.25, 0.3) is 0 Å². The molecule has 0 aliphatic rings. The van der Waals surface area contributed by atoms with E-state index < -0.39 is 11.7 Å². The van der Waals surface area contributed by atoms with Gasteiger partial charge in [0, 0.05) is 0 Å². The SMILES string of the molecule is Fc1bonc1F. The summed E-state index contributed by atoms with van der Waals surface area (Å²) >= 11 is 0. The quantitative estimate of drug-likeness (QED) is 0.471. The van der Waals surface area contributed by atoms with Crippen molar-refractivity contribution in [2.75, 3.05) is 0 Å². The fraction of sp³-hybridized carbons (Fsp3) is 0. The molecule has 0 bridgehead atoms. The van der Waals surface area contributed by atoms with Gasteiger partial charge in [0.15, 0.2) is 0 Å². The molecule has 36 valence electrons. The molecule has 0 N–H and O–H groups in total. The van der Waals surface area contributed by atoms with Crippen molar-refractivity contribution >= 4 is 7.13 Å². The molecule has 0 radical (unpaired) electrons. The first-order valence-electron chi connectivity index (χ1n) is 1.56. The fourth-order valence-corrected chi connectivity index (χ4v) is 0.211. The summed E-state index contributed by atoms with van der Waals surface area (Å²) in [5.41, 5.74) is -1.06. The van der Waals surface area contributed by atoms with Crippen molar-refractivity contribution in [1.29, 1.82) is 0 Å². The van der Waals surface area contributed by atoms with Crippen LogP contribution >= 0.6 is 0 Å². The van der Waals surface area contributed by atoms with E-state index in [1.807, 2.05) is 0 Å². The maximum atomic E-state index is 11.5. The molecule has 0 aliphatic carbocycles. The Labute approximate surface area is 38.4 Å². The van der Waals surface area contributed by atoms with Crippen LogP contribution in [0, 0.1) is 11.7 Å². The van der Waals surface area contributed by atoms with E-state index in [1.165, 1.54) is 0 Å². The summed E-state index contributed by atoms with van der Waals surface area (Å²) in [4.78, 5) is 0. The topological polar surface area (TPSA) is 26.0 Å². The molecule has 7 heavy (non-hydrogen) atoms. The number of nitrogens with zero attached hydrogens (tertiary/aromatic N) is 1. The summed E-state index contributed by atoms with van der Waals surface area (Å²) < 4.78 is 26.9. The van der Waals surface area contributed by atoms with E-state index in [1.54, 1.807) is 0 Å². The Bertz CT molecular complexity index is 148. The van der Waals surface area contributed by atoms with Crippen molar-refractivity contribution in [3.8, 4) is 0 Å². The minimum atomic E-state index is -1.19. The molecule has 1 heterocycles. The fourth-order valence-electron chi connectivity index (χ4n) is 0.211. The number of halogens is 2. The van der Waals surface area contributed by atoms with Gasteiger partial charge in [0.1, 0.15) is 0 Å². The van der Waals surface area contributed by atoms with Crippen LogP contribution in [0.15, 0.2) is 4.44 Å². The van der Waals surface area contributed by atoms with Gasteiger partial charge < -0.3 is 0 Å². The van der Waals surface area contributed by atoms with Crippen molar-refractivity contribution in [3.05, 3.63) is 11.7 Å². The summed E-state index contributed by atoms with van der Waals surface area (Å²) in [6, 6.07) is 0. The van der Waals surface area contributed by atoms with Gasteiger partial charge in [-0.2, -0.15) is 0 Å². The average Bonchev–Trinajstić information content (AvgIpc) is 1.91. The number of hydrogen-bond acceptors (Lipinski definition) is 2. The third-order valence-electron chi connectivity index (χ3n) is 0.486. The summed E-state index contributed by atoms with van der Waals surface area (Å²) in [6.45, 7) is 0. The first kappa shape index (κ1) is 4.42. The second kappa shape index (κ2) is 1.40. The Morgan fingerprint density at radius 3 is 2.43 bits per heavy atom. The maximum absolute atomic E-state index is 11.5. The van der Waals surface area contributed by atoms with Gasteiger partial charge in [-0.05, 0) is 0 Å². The second-order valence-corrected chi connectivity index (χ2v) is 0.953. The molecule has 0 aliphatic heterocycles. The number of hydrogen-bond donors (Lipinski definition) is 0. The Balaban J connectivity index is 3.12. The van der Waals surface area contributed by atoms with Gasteiger partial charge in [-0.25, -0.2) is 0 Å². The van der Waals surface area contributed by atoms with Crippen molar-refractivity contribution in [3.63, 3.8) is 0 Å². The molecule has 0 spiro atoms. The normalized spacial score (nSPS) is 8.86. The Hall–Kier alpha value is -0.735. The Morgan fingerprint density at radius 1 is 1.57 bits per heavy atom. The van der Waals surface area contributed by atoms with E-state index in [-0.39, 0.29) is 0 Å². The molecule has 0 saturated carbocycles. The first-order valence-corrected chi connectivity index (χ1v) is 1.56. The molecule has 0 amide bonds. The third-order valence-corrected chi connectivity index (χ3v) is 0.486. The van der Waals surface area contributed by atoms with E-state index in [0.717, 1.165) is 0 Å². The summed E-state index contributed by atoms with van der Waals surface area (Å²) in [5.74, 6) is -1.19. The number of rotatable bonds is 0. The van der Waals surface area contributed by atoms with Crippen LogP contribution in [0.3, 0.4) is 0 Å². The van der Waals surface area contributed by atoms with Crippen LogP contribution in [-0.2, 0) is 0 Å². The van der Waals surface area contributed by atoms with Crippen molar-refractivity contribution in [2.24, 2.45) is 0 Å². The second-order valence-electron chi connectivity index (χ2n) is 0.953. The molecule has 1 rings (SSSR count). The van der Waals surface area contributed by atoms with Gasteiger partial charge >= 0.3 is 37.2 Å². The van der Waals surface area contributed by atoms with Gasteiger partial charge in [0.05, 0.1) is 0 Å². The molecule has 0 saturated heterocycles. The van der Waals surface area contributed by atoms with E-state index in [9.17, 15) is 8.78 Å². The Kier molecular flexibility index (Phi) is 0.886. The van der Waals surface area contributed by atoms with Crippen LogP contribution < -0.4 is 0 Å².